The van der Waals surface area contributed by atoms with E-state index in [1.807, 2.05) is 4.90 Å². The molecule has 1 aromatic rings. The van der Waals surface area contributed by atoms with Gasteiger partial charge in [0.05, 0.1) is 17.2 Å². The van der Waals surface area contributed by atoms with Crippen LogP contribution in [0.2, 0.25) is 0 Å². The fraction of sp³-hybridized carbons (Fsp3) is 0.522. The lowest BCUT2D eigenvalue weighted by Gasteiger charge is -2.31. The van der Waals surface area contributed by atoms with Crippen LogP contribution in [0.3, 0.4) is 0 Å². The Hall–Kier alpha value is -3.11. The maximum atomic E-state index is 13.2. The number of carbonyl (C=O) groups is 5. The second-order valence-electron chi connectivity index (χ2n) is 9.02. The van der Waals surface area contributed by atoms with Crippen LogP contribution in [0, 0.1) is 0 Å². The first kappa shape index (κ1) is 21.7. The molecule has 0 bridgehead atoms. The standard InChI is InChI=1S/C23H27N5O5/c29-18-5-4-17(20(30)26-18)28-21(31)15-3-1-2-13(19(15)23(28)33)12-25-16-8-11-27(22(16)32)14-6-9-24-10-7-14/h1-3,14,16-17,24-25H,4-12H2,(H,26,29,30). The molecule has 0 saturated carbocycles. The van der Waals surface area contributed by atoms with Gasteiger partial charge in [-0.15, -0.1) is 0 Å². The Labute approximate surface area is 191 Å². The molecule has 0 spiro atoms. The molecule has 1 aromatic carbocycles. The molecule has 10 heteroatoms. The third-order valence-corrected chi connectivity index (χ3v) is 7.08. The molecule has 3 N–H and O–H groups in total. The van der Waals surface area contributed by atoms with Crippen LogP contribution in [0.5, 0.6) is 0 Å². The van der Waals surface area contributed by atoms with Crippen molar-refractivity contribution in [2.24, 2.45) is 0 Å². The third kappa shape index (κ3) is 3.83. The van der Waals surface area contributed by atoms with Crippen LogP contribution in [-0.4, -0.2) is 77.1 Å². The molecule has 0 aliphatic carbocycles. The van der Waals surface area contributed by atoms with E-state index in [4.69, 9.17) is 0 Å². The summed E-state index contributed by atoms with van der Waals surface area (Å²) in [5.41, 5.74) is 1.13. The van der Waals surface area contributed by atoms with E-state index in [2.05, 4.69) is 16.0 Å². The summed E-state index contributed by atoms with van der Waals surface area (Å²) in [6.45, 7) is 2.82. The van der Waals surface area contributed by atoms with Crippen LogP contribution in [0.1, 0.15) is 58.4 Å². The molecule has 2 unspecified atom stereocenters. The van der Waals surface area contributed by atoms with Crippen molar-refractivity contribution >= 4 is 29.5 Å². The van der Waals surface area contributed by atoms with E-state index in [1.165, 1.54) is 0 Å². The van der Waals surface area contributed by atoms with Crippen LogP contribution in [0.25, 0.3) is 0 Å². The van der Waals surface area contributed by atoms with E-state index in [9.17, 15) is 24.0 Å². The molecule has 174 valence electrons. The second kappa shape index (κ2) is 8.68. The number of hydrogen-bond donors (Lipinski definition) is 3. The SMILES string of the molecule is O=C1CCC(N2C(=O)c3cccc(CNC4CCN(C5CCNCC5)C4=O)c3C2=O)C(=O)N1. The zero-order valence-electron chi connectivity index (χ0n) is 18.3. The maximum Gasteiger partial charge on any atom is 0.262 e. The minimum atomic E-state index is -0.995. The van der Waals surface area contributed by atoms with E-state index in [0.717, 1.165) is 37.4 Å². The van der Waals surface area contributed by atoms with Gasteiger partial charge in [-0.2, -0.15) is 0 Å². The average molecular weight is 453 g/mol. The predicted octanol–water partition coefficient (Wildman–Crippen LogP) is -0.470. The Morgan fingerprint density at radius 3 is 2.52 bits per heavy atom. The van der Waals surface area contributed by atoms with Crippen molar-refractivity contribution in [2.45, 2.75) is 56.8 Å². The fourth-order valence-corrected chi connectivity index (χ4v) is 5.34. The first-order valence-corrected chi connectivity index (χ1v) is 11.5. The molecule has 3 saturated heterocycles. The van der Waals surface area contributed by atoms with E-state index in [1.54, 1.807) is 18.2 Å². The van der Waals surface area contributed by atoms with Crippen LogP contribution < -0.4 is 16.0 Å². The van der Waals surface area contributed by atoms with Crippen molar-refractivity contribution in [3.05, 3.63) is 34.9 Å². The highest BCUT2D eigenvalue weighted by molar-refractivity contribution is 6.24. The summed E-state index contributed by atoms with van der Waals surface area (Å²) < 4.78 is 0. The number of carbonyl (C=O) groups excluding carboxylic acids is 5. The Kier molecular flexibility index (Phi) is 5.71. The normalized spacial score (nSPS) is 26.2. The highest BCUT2D eigenvalue weighted by Gasteiger charge is 2.45. The van der Waals surface area contributed by atoms with Gasteiger partial charge in [0.2, 0.25) is 17.7 Å². The number of rotatable bonds is 5. The molecular formula is C23H27N5O5. The number of piperidine rings is 2. The molecule has 4 heterocycles. The summed E-state index contributed by atoms with van der Waals surface area (Å²) in [6.07, 6.45) is 2.81. The Morgan fingerprint density at radius 2 is 1.76 bits per heavy atom. The van der Waals surface area contributed by atoms with Crippen molar-refractivity contribution < 1.29 is 24.0 Å². The molecule has 2 atom stereocenters. The van der Waals surface area contributed by atoms with Crippen LogP contribution >= 0.6 is 0 Å². The number of fused-ring (bicyclic) bond motifs is 1. The van der Waals surface area contributed by atoms with Crippen molar-refractivity contribution in [2.75, 3.05) is 19.6 Å². The summed E-state index contributed by atoms with van der Waals surface area (Å²) in [5.74, 6) is -2.01. The number of likely N-dealkylation sites (tertiary alicyclic amines) is 1. The fourth-order valence-electron chi connectivity index (χ4n) is 5.34. The predicted molar refractivity (Wildman–Crippen MR) is 116 cm³/mol. The van der Waals surface area contributed by atoms with E-state index in [0.29, 0.717) is 12.0 Å². The average Bonchev–Trinajstić information content (AvgIpc) is 3.30. The first-order chi connectivity index (χ1) is 16.0. The smallest absolute Gasteiger partial charge is 0.262 e. The topological polar surface area (TPSA) is 128 Å². The highest BCUT2D eigenvalue weighted by atomic mass is 16.2. The molecule has 0 radical (unpaired) electrons. The molecule has 4 aliphatic rings. The van der Waals surface area contributed by atoms with Crippen LogP contribution in [0.4, 0.5) is 0 Å². The number of imide groups is 2. The minimum Gasteiger partial charge on any atom is -0.338 e. The van der Waals surface area contributed by atoms with Gasteiger partial charge in [-0.1, -0.05) is 12.1 Å². The zero-order chi connectivity index (χ0) is 23.1. The van der Waals surface area contributed by atoms with Gasteiger partial charge in [-0.05, 0) is 50.4 Å². The number of amides is 5. The summed E-state index contributed by atoms with van der Waals surface area (Å²) in [5, 5.41) is 8.80. The second-order valence-corrected chi connectivity index (χ2v) is 9.02. The number of benzene rings is 1. The van der Waals surface area contributed by atoms with Gasteiger partial charge in [-0.25, -0.2) is 0 Å². The lowest BCUT2D eigenvalue weighted by molar-refractivity contribution is -0.136. The van der Waals surface area contributed by atoms with E-state index < -0.39 is 29.7 Å². The molecule has 4 aliphatic heterocycles. The van der Waals surface area contributed by atoms with Gasteiger partial charge in [-0.3, -0.25) is 34.2 Å². The van der Waals surface area contributed by atoms with Gasteiger partial charge in [0, 0.05) is 25.6 Å². The van der Waals surface area contributed by atoms with Gasteiger partial charge in [0.15, 0.2) is 0 Å². The maximum absolute atomic E-state index is 13.2. The molecule has 0 aromatic heterocycles. The molecule has 10 nitrogen and oxygen atoms in total. The molecule has 5 rings (SSSR count). The monoisotopic (exact) mass is 453 g/mol. The molecule has 5 amide bonds. The third-order valence-electron chi connectivity index (χ3n) is 7.08. The van der Waals surface area contributed by atoms with Gasteiger partial charge in [0.25, 0.3) is 11.8 Å². The largest absolute Gasteiger partial charge is 0.338 e. The van der Waals surface area contributed by atoms with Crippen LogP contribution in [0.15, 0.2) is 18.2 Å². The number of nitrogens with zero attached hydrogens (tertiary/aromatic N) is 2. The van der Waals surface area contributed by atoms with Crippen molar-refractivity contribution in [3.63, 3.8) is 0 Å². The zero-order valence-corrected chi connectivity index (χ0v) is 18.3. The number of hydrogen-bond acceptors (Lipinski definition) is 7. The lowest BCUT2D eigenvalue weighted by atomic mass is 10.0. The Bertz CT molecular complexity index is 1030. The molecule has 33 heavy (non-hydrogen) atoms. The summed E-state index contributed by atoms with van der Waals surface area (Å²) in [4.78, 5) is 65.8. The summed E-state index contributed by atoms with van der Waals surface area (Å²) >= 11 is 0. The first-order valence-electron chi connectivity index (χ1n) is 11.5. The van der Waals surface area contributed by atoms with Crippen molar-refractivity contribution in [3.8, 4) is 0 Å². The van der Waals surface area contributed by atoms with Crippen molar-refractivity contribution in [1.29, 1.82) is 0 Å². The summed E-state index contributed by atoms with van der Waals surface area (Å²) in [7, 11) is 0. The van der Waals surface area contributed by atoms with Gasteiger partial charge in [0.1, 0.15) is 6.04 Å². The molecule has 3 fully saturated rings. The van der Waals surface area contributed by atoms with Gasteiger partial charge >= 0.3 is 0 Å². The van der Waals surface area contributed by atoms with Crippen molar-refractivity contribution in [1.82, 2.24) is 25.8 Å². The molecular weight excluding hydrogens is 426 g/mol. The lowest BCUT2D eigenvalue weighted by Crippen LogP contribution is -2.54. The van der Waals surface area contributed by atoms with Crippen LogP contribution in [-0.2, 0) is 20.9 Å². The highest BCUT2D eigenvalue weighted by Crippen LogP contribution is 2.30. The number of nitrogens with one attached hydrogen (secondary N) is 3. The van der Waals surface area contributed by atoms with Gasteiger partial charge < -0.3 is 15.5 Å². The van der Waals surface area contributed by atoms with E-state index in [-0.39, 0.29) is 48.5 Å². The summed E-state index contributed by atoms with van der Waals surface area (Å²) in [6, 6.07) is 3.99. The minimum absolute atomic E-state index is 0.0789. The quantitative estimate of drug-likeness (QED) is 0.514. The Balaban J connectivity index is 1.29. The van der Waals surface area contributed by atoms with E-state index >= 15 is 0 Å². The Morgan fingerprint density at radius 1 is 0.970 bits per heavy atom.